The van der Waals surface area contributed by atoms with Crippen LogP contribution in [0.5, 0.6) is 5.75 Å². The highest BCUT2D eigenvalue weighted by Crippen LogP contribution is 2.17. The first-order chi connectivity index (χ1) is 11.6. The minimum absolute atomic E-state index is 0.142. The van der Waals surface area contributed by atoms with Crippen LogP contribution in [-0.4, -0.2) is 36.5 Å². The fraction of sp³-hybridized carbons (Fsp3) is 0.312. The third-order valence-corrected chi connectivity index (χ3v) is 3.86. The van der Waals surface area contributed by atoms with Crippen LogP contribution in [0.1, 0.15) is 22.4 Å². The number of carbonyl (C=O) groups excluding carboxylic acids is 2. The van der Waals surface area contributed by atoms with Gasteiger partial charge in [0, 0.05) is 30.5 Å². The van der Waals surface area contributed by atoms with Crippen molar-refractivity contribution in [1.29, 1.82) is 0 Å². The summed E-state index contributed by atoms with van der Waals surface area (Å²) < 4.78 is 5.56. The number of nitrogens with zero attached hydrogens (tertiary/aromatic N) is 1. The van der Waals surface area contributed by atoms with E-state index in [-0.39, 0.29) is 11.8 Å². The van der Waals surface area contributed by atoms with Gasteiger partial charge in [0.25, 0.3) is 5.91 Å². The van der Waals surface area contributed by atoms with E-state index < -0.39 is 0 Å². The van der Waals surface area contributed by atoms with Gasteiger partial charge in [0.2, 0.25) is 5.91 Å². The van der Waals surface area contributed by atoms with Crippen molar-refractivity contribution in [1.82, 2.24) is 10.3 Å². The van der Waals surface area contributed by atoms with E-state index in [1.165, 1.54) is 18.3 Å². The van der Waals surface area contributed by atoms with Crippen LogP contribution in [-0.2, 0) is 11.2 Å². The Balaban J connectivity index is 1.75. The predicted molar refractivity (Wildman–Crippen MR) is 93.4 cm³/mol. The van der Waals surface area contributed by atoms with Crippen molar-refractivity contribution < 1.29 is 14.3 Å². The molecule has 0 unspecified atom stereocenters. The van der Waals surface area contributed by atoms with Gasteiger partial charge in [-0.3, -0.25) is 9.59 Å². The Morgan fingerprint density at radius 3 is 2.96 bits per heavy atom. The first-order valence-corrected chi connectivity index (χ1v) is 8.39. The van der Waals surface area contributed by atoms with Crippen LogP contribution in [0.2, 0.25) is 0 Å². The van der Waals surface area contributed by atoms with Gasteiger partial charge >= 0.3 is 0 Å². The summed E-state index contributed by atoms with van der Waals surface area (Å²) >= 11 is 1.43. The molecule has 0 bridgehead atoms. The molecule has 0 aliphatic carbocycles. The zero-order valence-corrected chi connectivity index (χ0v) is 14.2. The Hall–Kier alpha value is -2.45. The lowest BCUT2D eigenvalue weighted by Gasteiger charge is -2.09. The van der Waals surface area contributed by atoms with Gasteiger partial charge in [0.05, 0.1) is 11.6 Å². The molecule has 1 aromatic carbocycles. The number of amides is 2. The van der Waals surface area contributed by atoms with E-state index in [1.54, 1.807) is 29.6 Å². The highest BCUT2D eigenvalue weighted by atomic mass is 32.1. The Bertz CT molecular complexity index is 702. The van der Waals surface area contributed by atoms with Crippen LogP contribution in [0, 0.1) is 0 Å². The molecule has 0 saturated heterocycles. The molecule has 7 nitrogen and oxygen atoms in total. The number of nitrogens with one attached hydrogen (secondary N) is 2. The molecule has 2 amide bonds. The molecule has 2 aromatic rings. The number of nitrogens with two attached hydrogens (primary N) is 1. The Morgan fingerprint density at radius 2 is 2.21 bits per heavy atom. The summed E-state index contributed by atoms with van der Waals surface area (Å²) in [5, 5.41) is 8.01. The summed E-state index contributed by atoms with van der Waals surface area (Å²) in [6, 6.07) is 7.07. The number of hydrogen-bond acceptors (Lipinski definition) is 6. The molecule has 0 aliphatic heterocycles. The van der Waals surface area contributed by atoms with Crippen LogP contribution in [0.4, 0.5) is 5.69 Å². The average Bonchev–Trinajstić information content (AvgIpc) is 3.00. The van der Waals surface area contributed by atoms with E-state index in [0.717, 1.165) is 5.01 Å². The fourth-order valence-electron chi connectivity index (χ4n) is 1.94. The lowest BCUT2D eigenvalue weighted by molar-refractivity contribution is -0.114. The first-order valence-electron chi connectivity index (χ1n) is 7.51. The van der Waals surface area contributed by atoms with Gasteiger partial charge < -0.3 is 21.1 Å². The number of anilines is 1. The van der Waals surface area contributed by atoms with Gasteiger partial charge in [0.1, 0.15) is 18.1 Å². The maximum atomic E-state index is 11.9. The van der Waals surface area contributed by atoms with Crippen molar-refractivity contribution in [2.75, 3.05) is 25.0 Å². The van der Waals surface area contributed by atoms with Gasteiger partial charge in [-0.1, -0.05) is 6.07 Å². The molecule has 24 heavy (non-hydrogen) atoms. The van der Waals surface area contributed by atoms with Crippen molar-refractivity contribution in [3.63, 3.8) is 0 Å². The number of thiazole rings is 1. The number of aromatic nitrogens is 1. The normalized spacial score (nSPS) is 10.2. The Labute approximate surface area is 144 Å². The van der Waals surface area contributed by atoms with Crippen LogP contribution < -0.4 is 21.1 Å². The summed E-state index contributed by atoms with van der Waals surface area (Å²) in [7, 11) is 0. The highest BCUT2D eigenvalue weighted by Gasteiger charge is 2.09. The predicted octanol–water partition coefficient (Wildman–Crippen LogP) is 1.41. The van der Waals surface area contributed by atoms with Crippen LogP contribution in [0.3, 0.4) is 0 Å². The molecular formula is C16H20N4O3S. The molecule has 1 aromatic heterocycles. The molecule has 0 atom stereocenters. The maximum absolute atomic E-state index is 11.9. The molecule has 8 heteroatoms. The van der Waals surface area contributed by atoms with Gasteiger partial charge in [-0.2, -0.15) is 0 Å². The van der Waals surface area contributed by atoms with E-state index in [1.807, 2.05) is 0 Å². The van der Waals surface area contributed by atoms with Crippen LogP contribution in [0.25, 0.3) is 0 Å². The molecule has 0 aliphatic rings. The number of ether oxygens (including phenoxy) is 1. The fourth-order valence-corrected chi connectivity index (χ4v) is 2.74. The maximum Gasteiger partial charge on any atom is 0.270 e. The van der Waals surface area contributed by atoms with E-state index in [4.69, 9.17) is 10.5 Å². The van der Waals surface area contributed by atoms with E-state index in [0.29, 0.717) is 43.2 Å². The summed E-state index contributed by atoms with van der Waals surface area (Å²) in [4.78, 5) is 27.2. The number of rotatable bonds is 8. The molecule has 2 rings (SSSR count). The van der Waals surface area contributed by atoms with Crippen molar-refractivity contribution in [3.05, 3.63) is 40.3 Å². The highest BCUT2D eigenvalue weighted by molar-refractivity contribution is 7.09. The largest absolute Gasteiger partial charge is 0.492 e. The number of carbonyl (C=O) groups is 2. The third-order valence-electron chi connectivity index (χ3n) is 2.95. The molecular weight excluding hydrogens is 328 g/mol. The van der Waals surface area contributed by atoms with Crippen molar-refractivity contribution in [2.24, 2.45) is 5.73 Å². The zero-order valence-electron chi connectivity index (χ0n) is 13.4. The molecule has 4 N–H and O–H groups in total. The van der Waals surface area contributed by atoms with Gasteiger partial charge in [0.15, 0.2) is 0 Å². The topological polar surface area (TPSA) is 106 Å². The molecule has 0 saturated carbocycles. The van der Waals surface area contributed by atoms with E-state index in [2.05, 4.69) is 15.6 Å². The minimum atomic E-state index is -0.231. The molecule has 128 valence electrons. The summed E-state index contributed by atoms with van der Waals surface area (Å²) in [6.07, 6.45) is 0.672. The second-order valence-electron chi connectivity index (χ2n) is 4.98. The van der Waals surface area contributed by atoms with Crippen molar-refractivity contribution in [2.45, 2.75) is 13.3 Å². The van der Waals surface area contributed by atoms with Crippen molar-refractivity contribution >= 4 is 28.8 Å². The summed E-state index contributed by atoms with van der Waals surface area (Å²) in [6.45, 7) is 2.63. The number of benzene rings is 1. The molecule has 0 spiro atoms. The van der Waals surface area contributed by atoms with Crippen molar-refractivity contribution in [3.8, 4) is 5.75 Å². The Morgan fingerprint density at radius 1 is 1.38 bits per heavy atom. The minimum Gasteiger partial charge on any atom is -0.492 e. The van der Waals surface area contributed by atoms with E-state index >= 15 is 0 Å². The average molecular weight is 348 g/mol. The van der Waals surface area contributed by atoms with Gasteiger partial charge in [-0.05, 0) is 18.7 Å². The standard InChI is InChI=1S/C16H20N4O3S/c1-11(21)19-12-3-2-4-13(9-12)23-8-7-18-16(22)14-10-24-15(20-14)5-6-17/h2-4,9-10H,5-8,17H2,1H3,(H,18,22)(H,19,21). The zero-order chi connectivity index (χ0) is 17.4. The smallest absolute Gasteiger partial charge is 0.270 e. The van der Waals surface area contributed by atoms with E-state index in [9.17, 15) is 9.59 Å². The summed E-state index contributed by atoms with van der Waals surface area (Å²) in [5.41, 5.74) is 6.53. The van der Waals surface area contributed by atoms with Crippen LogP contribution in [0.15, 0.2) is 29.6 Å². The SMILES string of the molecule is CC(=O)Nc1cccc(OCCNC(=O)c2csc(CCN)n2)c1. The molecule has 1 heterocycles. The number of hydrogen-bond donors (Lipinski definition) is 3. The Kier molecular flexibility index (Phi) is 6.71. The summed E-state index contributed by atoms with van der Waals surface area (Å²) in [5.74, 6) is 0.246. The quantitative estimate of drug-likeness (QED) is 0.626. The third kappa shape index (κ3) is 5.64. The first kappa shape index (κ1) is 17.9. The van der Waals surface area contributed by atoms with Crippen LogP contribution >= 0.6 is 11.3 Å². The monoisotopic (exact) mass is 348 g/mol. The van der Waals surface area contributed by atoms with Gasteiger partial charge in [-0.15, -0.1) is 11.3 Å². The molecule has 0 radical (unpaired) electrons. The second kappa shape index (κ2) is 8.99. The van der Waals surface area contributed by atoms with Gasteiger partial charge in [-0.25, -0.2) is 4.98 Å². The second-order valence-corrected chi connectivity index (χ2v) is 5.92. The molecule has 0 fully saturated rings. The lowest BCUT2D eigenvalue weighted by atomic mass is 10.3. The lowest BCUT2D eigenvalue weighted by Crippen LogP contribution is -2.28.